The Morgan fingerprint density at radius 3 is 2.33 bits per heavy atom. The van der Waals surface area contributed by atoms with Crippen molar-refractivity contribution in [3.05, 3.63) is 54.1 Å². The lowest BCUT2D eigenvalue weighted by Gasteiger charge is -2.14. The highest BCUT2D eigenvalue weighted by atomic mass is 16.5. The van der Waals surface area contributed by atoms with Crippen LogP contribution >= 0.6 is 0 Å². The van der Waals surface area contributed by atoms with Crippen LogP contribution in [0.2, 0.25) is 0 Å². The second-order valence-electron chi connectivity index (χ2n) is 5.79. The van der Waals surface area contributed by atoms with Crippen LogP contribution in [-0.2, 0) is 9.59 Å². The molecule has 0 saturated carbocycles. The Bertz CT molecular complexity index is 726. The molecule has 5 nitrogen and oxygen atoms in total. The number of carbonyl (C=O) groups excluding carboxylic acids is 2. The fourth-order valence-corrected chi connectivity index (χ4v) is 2.31. The molecular formula is C19H22N2O3. The number of amides is 2. The van der Waals surface area contributed by atoms with Gasteiger partial charge in [0.1, 0.15) is 5.75 Å². The van der Waals surface area contributed by atoms with Gasteiger partial charge in [-0.05, 0) is 35.7 Å². The van der Waals surface area contributed by atoms with E-state index in [9.17, 15) is 9.59 Å². The van der Waals surface area contributed by atoms with E-state index in [1.165, 1.54) is 6.92 Å². The van der Waals surface area contributed by atoms with Gasteiger partial charge in [-0.15, -0.1) is 0 Å². The van der Waals surface area contributed by atoms with E-state index < -0.39 is 0 Å². The van der Waals surface area contributed by atoms with Crippen molar-refractivity contribution in [2.45, 2.75) is 26.7 Å². The molecule has 0 bridgehead atoms. The average Bonchev–Trinajstić information content (AvgIpc) is 2.53. The van der Waals surface area contributed by atoms with E-state index in [1.54, 1.807) is 24.3 Å². The summed E-state index contributed by atoms with van der Waals surface area (Å²) in [5, 5.41) is 5.43. The Labute approximate surface area is 142 Å². The molecule has 0 radical (unpaired) electrons. The predicted molar refractivity (Wildman–Crippen MR) is 95.4 cm³/mol. The molecule has 0 saturated heterocycles. The van der Waals surface area contributed by atoms with Gasteiger partial charge >= 0.3 is 0 Å². The van der Waals surface area contributed by atoms with E-state index in [4.69, 9.17) is 4.74 Å². The van der Waals surface area contributed by atoms with Crippen LogP contribution in [0.3, 0.4) is 0 Å². The van der Waals surface area contributed by atoms with Crippen molar-refractivity contribution in [1.82, 2.24) is 0 Å². The Morgan fingerprint density at radius 1 is 1.00 bits per heavy atom. The first-order valence-corrected chi connectivity index (χ1v) is 7.85. The second kappa shape index (κ2) is 8.15. The molecule has 0 spiro atoms. The van der Waals surface area contributed by atoms with Crippen molar-refractivity contribution < 1.29 is 14.3 Å². The highest BCUT2D eigenvalue weighted by Crippen LogP contribution is 2.25. The first-order chi connectivity index (χ1) is 11.5. The van der Waals surface area contributed by atoms with Gasteiger partial charge in [-0.2, -0.15) is 0 Å². The maximum Gasteiger partial charge on any atom is 0.262 e. The number of para-hydroxylation sites is 1. The topological polar surface area (TPSA) is 67.4 Å². The molecule has 126 valence electrons. The monoisotopic (exact) mass is 326 g/mol. The van der Waals surface area contributed by atoms with Crippen LogP contribution in [0.5, 0.6) is 5.75 Å². The lowest BCUT2D eigenvalue weighted by Crippen LogP contribution is -2.20. The standard InChI is InChI=1S/C19H22N2O3/c1-13(2)17-9-4-5-10-18(17)24-12-19(23)21-16-8-6-7-15(11-16)20-14(3)22/h4-11,13H,12H2,1-3H3,(H,20,22)(H,21,23). The van der Waals surface area contributed by atoms with Crippen molar-refractivity contribution >= 4 is 23.2 Å². The molecule has 0 aliphatic carbocycles. The first kappa shape index (κ1) is 17.5. The van der Waals surface area contributed by atoms with E-state index in [1.807, 2.05) is 24.3 Å². The third-order valence-electron chi connectivity index (χ3n) is 3.37. The smallest absolute Gasteiger partial charge is 0.262 e. The van der Waals surface area contributed by atoms with Gasteiger partial charge in [0, 0.05) is 18.3 Å². The highest BCUT2D eigenvalue weighted by molar-refractivity contribution is 5.94. The van der Waals surface area contributed by atoms with Crippen LogP contribution in [0.25, 0.3) is 0 Å². The lowest BCUT2D eigenvalue weighted by atomic mass is 10.0. The summed E-state index contributed by atoms with van der Waals surface area (Å²) in [5.74, 6) is 0.619. The Kier molecular flexibility index (Phi) is 5.95. The van der Waals surface area contributed by atoms with Gasteiger partial charge in [-0.1, -0.05) is 38.1 Å². The number of anilines is 2. The third kappa shape index (κ3) is 5.12. The number of benzene rings is 2. The fourth-order valence-electron chi connectivity index (χ4n) is 2.31. The van der Waals surface area contributed by atoms with Gasteiger partial charge in [0.05, 0.1) is 0 Å². The summed E-state index contributed by atoms with van der Waals surface area (Å²) in [6.07, 6.45) is 0. The Hall–Kier alpha value is -2.82. The minimum absolute atomic E-state index is 0.0753. The predicted octanol–water partition coefficient (Wildman–Crippen LogP) is 3.79. The number of ether oxygens (including phenoxy) is 1. The van der Waals surface area contributed by atoms with Crippen LogP contribution in [-0.4, -0.2) is 18.4 Å². The van der Waals surface area contributed by atoms with Crippen molar-refractivity contribution in [1.29, 1.82) is 0 Å². The highest BCUT2D eigenvalue weighted by Gasteiger charge is 2.09. The van der Waals surface area contributed by atoms with E-state index in [0.29, 0.717) is 17.3 Å². The quantitative estimate of drug-likeness (QED) is 0.849. The number of hydrogen-bond acceptors (Lipinski definition) is 3. The molecule has 2 rings (SSSR count). The molecule has 0 heterocycles. The zero-order valence-electron chi connectivity index (χ0n) is 14.1. The van der Waals surface area contributed by atoms with Crippen molar-refractivity contribution in [2.24, 2.45) is 0 Å². The van der Waals surface area contributed by atoms with Crippen LogP contribution in [0.15, 0.2) is 48.5 Å². The SMILES string of the molecule is CC(=O)Nc1cccc(NC(=O)COc2ccccc2C(C)C)c1. The minimum Gasteiger partial charge on any atom is -0.483 e. The van der Waals surface area contributed by atoms with E-state index in [0.717, 1.165) is 11.3 Å². The molecule has 0 atom stereocenters. The molecule has 2 N–H and O–H groups in total. The van der Waals surface area contributed by atoms with Gasteiger partial charge in [-0.3, -0.25) is 9.59 Å². The first-order valence-electron chi connectivity index (χ1n) is 7.85. The van der Waals surface area contributed by atoms with Crippen LogP contribution in [0.4, 0.5) is 11.4 Å². The summed E-state index contributed by atoms with van der Waals surface area (Å²) in [6.45, 7) is 5.52. The Balaban J connectivity index is 1.96. The van der Waals surface area contributed by atoms with E-state index >= 15 is 0 Å². The molecule has 0 fully saturated rings. The molecule has 0 aliphatic heterocycles. The second-order valence-corrected chi connectivity index (χ2v) is 5.79. The van der Waals surface area contributed by atoms with Gasteiger partial charge < -0.3 is 15.4 Å². The molecule has 2 amide bonds. The maximum absolute atomic E-state index is 12.1. The largest absolute Gasteiger partial charge is 0.483 e. The zero-order valence-corrected chi connectivity index (χ0v) is 14.1. The van der Waals surface area contributed by atoms with E-state index in [-0.39, 0.29) is 18.4 Å². The number of nitrogens with one attached hydrogen (secondary N) is 2. The van der Waals surface area contributed by atoms with Gasteiger partial charge in [0.25, 0.3) is 5.91 Å². The van der Waals surface area contributed by atoms with Gasteiger partial charge in [-0.25, -0.2) is 0 Å². The van der Waals surface area contributed by atoms with Crippen molar-refractivity contribution in [2.75, 3.05) is 17.2 Å². The summed E-state index contributed by atoms with van der Waals surface area (Å²) in [7, 11) is 0. The van der Waals surface area contributed by atoms with Crippen LogP contribution in [0, 0.1) is 0 Å². The summed E-state index contributed by atoms with van der Waals surface area (Å²) in [5.41, 5.74) is 2.30. The molecule has 0 unspecified atom stereocenters. The Morgan fingerprint density at radius 2 is 1.67 bits per heavy atom. The summed E-state index contributed by atoms with van der Waals surface area (Å²) in [6, 6.07) is 14.7. The number of hydrogen-bond donors (Lipinski definition) is 2. The van der Waals surface area contributed by atoms with Crippen LogP contribution < -0.4 is 15.4 Å². The molecular weight excluding hydrogens is 304 g/mol. The molecule has 2 aromatic rings. The van der Waals surface area contributed by atoms with Crippen LogP contribution in [0.1, 0.15) is 32.3 Å². The molecule has 0 aliphatic rings. The normalized spacial score (nSPS) is 10.3. The van der Waals surface area contributed by atoms with Gasteiger partial charge in [0.2, 0.25) is 5.91 Å². The summed E-state index contributed by atoms with van der Waals surface area (Å²) < 4.78 is 5.65. The van der Waals surface area contributed by atoms with Crippen molar-refractivity contribution in [3.8, 4) is 5.75 Å². The van der Waals surface area contributed by atoms with Gasteiger partial charge in [0.15, 0.2) is 6.61 Å². The maximum atomic E-state index is 12.1. The molecule has 0 aromatic heterocycles. The molecule has 5 heteroatoms. The number of carbonyl (C=O) groups is 2. The summed E-state index contributed by atoms with van der Waals surface area (Å²) in [4.78, 5) is 23.2. The number of rotatable bonds is 6. The third-order valence-corrected chi connectivity index (χ3v) is 3.37. The summed E-state index contributed by atoms with van der Waals surface area (Å²) >= 11 is 0. The minimum atomic E-state index is -0.256. The molecule has 24 heavy (non-hydrogen) atoms. The van der Waals surface area contributed by atoms with Crippen molar-refractivity contribution in [3.63, 3.8) is 0 Å². The molecule has 2 aromatic carbocycles. The zero-order chi connectivity index (χ0) is 17.5. The lowest BCUT2D eigenvalue weighted by molar-refractivity contribution is -0.118. The van der Waals surface area contributed by atoms with E-state index in [2.05, 4.69) is 24.5 Å². The fraction of sp³-hybridized carbons (Fsp3) is 0.263. The average molecular weight is 326 g/mol.